The van der Waals surface area contributed by atoms with Gasteiger partial charge in [-0.1, -0.05) is 32.8 Å². The molecule has 1 unspecified atom stereocenters. The minimum atomic E-state index is 0.418. The van der Waals surface area contributed by atoms with Crippen LogP contribution in [0.25, 0.3) is 5.65 Å². The smallest absolute Gasteiger partial charge is 0.243 e. The van der Waals surface area contributed by atoms with Gasteiger partial charge >= 0.3 is 0 Å². The van der Waals surface area contributed by atoms with Gasteiger partial charge in [-0.25, -0.2) is 4.52 Å². The lowest BCUT2D eigenvalue weighted by molar-refractivity contribution is 0.519. The highest BCUT2D eigenvalue weighted by molar-refractivity contribution is 5.43. The number of hydrogen-bond donors (Lipinski definition) is 1. The number of aromatic nitrogens is 3. The second-order valence-corrected chi connectivity index (χ2v) is 5.31. The van der Waals surface area contributed by atoms with Crippen molar-refractivity contribution in [1.82, 2.24) is 14.6 Å². The molecule has 0 fully saturated rings. The Morgan fingerprint density at radius 3 is 2.78 bits per heavy atom. The van der Waals surface area contributed by atoms with Crippen molar-refractivity contribution in [2.24, 2.45) is 5.92 Å². The van der Waals surface area contributed by atoms with Crippen LogP contribution in [-0.4, -0.2) is 20.6 Å². The molecule has 98 valence electrons. The van der Waals surface area contributed by atoms with E-state index in [1.807, 2.05) is 24.4 Å². The number of nitrogens with one attached hydrogen (secondary N) is 1. The predicted molar refractivity (Wildman–Crippen MR) is 74.8 cm³/mol. The lowest BCUT2D eigenvalue weighted by atomic mass is 10.0. The summed E-state index contributed by atoms with van der Waals surface area (Å²) in [6.07, 6.45) is 5.61. The second-order valence-electron chi connectivity index (χ2n) is 5.31. The van der Waals surface area contributed by atoms with E-state index in [1.54, 1.807) is 4.52 Å². The first kappa shape index (κ1) is 12.9. The molecule has 2 heterocycles. The molecule has 2 aromatic heterocycles. The standard InChI is InChI=1S/C14H22N4/c1-11(2)7-6-8-12(3)15-14-16-13-9-4-5-10-18(13)17-14/h4-5,9-12H,6-8H2,1-3H3,(H,15,17). The van der Waals surface area contributed by atoms with Crippen molar-refractivity contribution in [1.29, 1.82) is 0 Å². The van der Waals surface area contributed by atoms with E-state index in [4.69, 9.17) is 0 Å². The number of nitrogens with zero attached hydrogens (tertiary/aromatic N) is 3. The molecule has 0 aromatic carbocycles. The lowest BCUT2D eigenvalue weighted by Gasteiger charge is -2.12. The minimum Gasteiger partial charge on any atom is -0.350 e. The maximum Gasteiger partial charge on any atom is 0.243 e. The molecule has 4 heteroatoms. The monoisotopic (exact) mass is 246 g/mol. The highest BCUT2D eigenvalue weighted by Crippen LogP contribution is 2.11. The molecule has 18 heavy (non-hydrogen) atoms. The number of anilines is 1. The maximum atomic E-state index is 4.44. The van der Waals surface area contributed by atoms with Crippen LogP contribution in [-0.2, 0) is 0 Å². The molecule has 0 saturated heterocycles. The number of hydrogen-bond acceptors (Lipinski definition) is 3. The Labute approximate surface area is 108 Å². The van der Waals surface area contributed by atoms with Gasteiger partial charge in [-0.15, -0.1) is 5.10 Å². The van der Waals surface area contributed by atoms with Crippen LogP contribution in [0.15, 0.2) is 24.4 Å². The molecule has 0 bridgehead atoms. The van der Waals surface area contributed by atoms with Gasteiger partial charge in [0.25, 0.3) is 0 Å². The molecular weight excluding hydrogens is 224 g/mol. The van der Waals surface area contributed by atoms with Crippen molar-refractivity contribution >= 4 is 11.6 Å². The predicted octanol–water partition coefficient (Wildman–Crippen LogP) is 3.36. The first-order chi connectivity index (χ1) is 8.65. The Bertz CT molecular complexity index is 456. The molecule has 2 aromatic rings. The summed E-state index contributed by atoms with van der Waals surface area (Å²) in [6, 6.07) is 6.31. The van der Waals surface area contributed by atoms with E-state index in [0.717, 1.165) is 23.9 Å². The van der Waals surface area contributed by atoms with Gasteiger partial charge in [0.2, 0.25) is 5.95 Å². The Hall–Kier alpha value is -1.58. The molecule has 0 amide bonds. The van der Waals surface area contributed by atoms with Gasteiger partial charge in [0.05, 0.1) is 0 Å². The summed E-state index contributed by atoms with van der Waals surface area (Å²) >= 11 is 0. The Morgan fingerprint density at radius 2 is 2.06 bits per heavy atom. The fraction of sp³-hybridized carbons (Fsp3) is 0.571. The zero-order valence-electron chi connectivity index (χ0n) is 11.4. The number of rotatable bonds is 6. The van der Waals surface area contributed by atoms with Crippen molar-refractivity contribution in [3.63, 3.8) is 0 Å². The van der Waals surface area contributed by atoms with Crippen LogP contribution in [0.1, 0.15) is 40.0 Å². The highest BCUT2D eigenvalue weighted by atomic mass is 15.3. The SMILES string of the molecule is CC(C)CCCC(C)Nc1nc2ccccn2n1. The average Bonchev–Trinajstić information content (AvgIpc) is 2.70. The number of fused-ring (bicyclic) bond motifs is 1. The quantitative estimate of drug-likeness (QED) is 0.850. The van der Waals surface area contributed by atoms with E-state index in [9.17, 15) is 0 Å². The number of pyridine rings is 1. The molecule has 0 radical (unpaired) electrons. The summed E-state index contributed by atoms with van der Waals surface area (Å²) < 4.78 is 1.79. The zero-order valence-corrected chi connectivity index (χ0v) is 11.4. The van der Waals surface area contributed by atoms with Crippen molar-refractivity contribution in [3.05, 3.63) is 24.4 Å². The fourth-order valence-corrected chi connectivity index (χ4v) is 2.02. The van der Waals surface area contributed by atoms with Gasteiger partial charge < -0.3 is 5.32 Å². The minimum absolute atomic E-state index is 0.418. The largest absolute Gasteiger partial charge is 0.350 e. The third kappa shape index (κ3) is 3.45. The van der Waals surface area contributed by atoms with Gasteiger partial charge in [0.1, 0.15) is 0 Å². The van der Waals surface area contributed by atoms with Gasteiger partial charge in [0, 0.05) is 12.2 Å². The summed E-state index contributed by atoms with van der Waals surface area (Å²) in [7, 11) is 0. The van der Waals surface area contributed by atoms with E-state index >= 15 is 0 Å². The topological polar surface area (TPSA) is 42.2 Å². The Morgan fingerprint density at radius 1 is 1.22 bits per heavy atom. The molecule has 0 aliphatic heterocycles. The van der Waals surface area contributed by atoms with Crippen LogP contribution < -0.4 is 5.32 Å². The summed E-state index contributed by atoms with van der Waals surface area (Å²) in [5, 5.41) is 7.75. The van der Waals surface area contributed by atoms with Crippen molar-refractivity contribution in [2.75, 3.05) is 5.32 Å². The van der Waals surface area contributed by atoms with Gasteiger partial charge in [-0.3, -0.25) is 0 Å². The third-order valence-corrected chi connectivity index (χ3v) is 3.04. The highest BCUT2D eigenvalue weighted by Gasteiger charge is 2.07. The fourth-order valence-electron chi connectivity index (χ4n) is 2.02. The van der Waals surface area contributed by atoms with Gasteiger partial charge in [-0.05, 0) is 31.4 Å². The summed E-state index contributed by atoms with van der Waals surface area (Å²) in [5.41, 5.74) is 0.884. The molecule has 0 aliphatic carbocycles. The van der Waals surface area contributed by atoms with Crippen LogP contribution >= 0.6 is 0 Å². The molecule has 0 saturated carbocycles. The average molecular weight is 246 g/mol. The van der Waals surface area contributed by atoms with E-state index in [1.165, 1.54) is 12.8 Å². The van der Waals surface area contributed by atoms with Crippen molar-refractivity contribution in [3.8, 4) is 0 Å². The first-order valence-electron chi connectivity index (χ1n) is 6.73. The third-order valence-electron chi connectivity index (χ3n) is 3.04. The molecule has 0 spiro atoms. The summed E-state index contributed by atoms with van der Waals surface area (Å²) in [5.74, 6) is 1.50. The van der Waals surface area contributed by atoms with Crippen molar-refractivity contribution < 1.29 is 0 Å². The van der Waals surface area contributed by atoms with E-state index in [-0.39, 0.29) is 0 Å². The van der Waals surface area contributed by atoms with Gasteiger partial charge in [0.15, 0.2) is 5.65 Å². The van der Waals surface area contributed by atoms with E-state index in [2.05, 4.69) is 36.2 Å². The van der Waals surface area contributed by atoms with E-state index < -0.39 is 0 Å². The normalized spacial score (nSPS) is 13.1. The second kappa shape index (κ2) is 5.85. The summed E-state index contributed by atoms with van der Waals surface area (Å²) in [6.45, 7) is 6.72. The van der Waals surface area contributed by atoms with Crippen LogP contribution in [0.2, 0.25) is 0 Å². The van der Waals surface area contributed by atoms with Gasteiger partial charge in [-0.2, -0.15) is 4.98 Å². The van der Waals surface area contributed by atoms with Crippen LogP contribution in [0.3, 0.4) is 0 Å². The molecule has 1 N–H and O–H groups in total. The molecule has 1 atom stereocenters. The maximum absolute atomic E-state index is 4.44. The van der Waals surface area contributed by atoms with Crippen molar-refractivity contribution in [2.45, 2.75) is 46.1 Å². The first-order valence-corrected chi connectivity index (χ1v) is 6.73. The zero-order chi connectivity index (χ0) is 13.0. The van der Waals surface area contributed by atoms with Crippen LogP contribution in [0, 0.1) is 5.92 Å². The van der Waals surface area contributed by atoms with Crippen LogP contribution in [0.5, 0.6) is 0 Å². The lowest BCUT2D eigenvalue weighted by Crippen LogP contribution is -2.16. The molecular formula is C14H22N4. The summed E-state index contributed by atoms with van der Waals surface area (Å²) in [4.78, 5) is 4.44. The van der Waals surface area contributed by atoms with Crippen LogP contribution in [0.4, 0.5) is 5.95 Å². The molecule has 0 aliphatic rings. The Kier molecular flexibility index (Phi) is 4.18. The molecule has 2 rings (SSSR count). The molecule has 4 nitrogen and oxygen atoms in total. The Balaban J connectivity index is 1.88. The van der Waals surface area contributed by atoms with E-state index in [0.29, 0.717) is 6.04 Å².